The Morgan fingerprint density at radius 1 is 1.21 bits per heavy atom. The normalized spacial score (nSPS) is 14.5. The number of amides is 2. The summed E-state index contributed by atoms with van der Waals surface area (Å²) in [6.45, 7) is 0.563. The summed E-state index contributed by atoms with van der Waals surface area (Å²) in [5.41, 5.74) is 5.44. The van der Waals surface area contributed by atoms with Gasteiger partial charge in [0.05, 0.1) is 7.11 Å². The van der Waals surface area contributed by atoms with E-state index >= 15 is 0 Å². The Hall–Kier alpha value is -2.63. The fraction of sp³-hybridized carbons (Fsp3) is 0.333. The zero-order chi connectivity index (χ0) is 21.0. The molecule has 3 rings (SSSR count). The number of nitrogens with one attached hydrogen (secondary N) is 1. The van der Waals surface area contributed by atoms with E-state index in [4.69, 9.17) is 15.2 Å². The van der Waals surface area contributed by atoms with Crippen molar-refractivity contribution in [2.75, 3.05) is 32.1 Å². The van der Waals surface area contributed by atoms with Gasteiger partial charge in [-0.2, -0.15) is 4.31 Å². The molecule has 2 heterocycles. The molecule has 1 aromatic carbocycles. The Balaban J connectivity index is 1.82. The SMILES string of the molecule is COc1ccc(NC(=O)c2sccc2S(=O)(=O)N2CCCC2)cc1OCC(N)=O. The van der Waals surface area contributed by atoms with Crippen molar-refractivity contribution in [1.82, 2.24) is 4.31 Å². The van der Waals surface area contributed by atoms with Crippen molar-refractivity contribution in [3.05, 3.63) is 34.5 Å². The number of methoxy groups -OCH3 is 1. The van der Waals surface area contributed by atoms with E-state index in [1.807, 2.05) is 0 Å². The minimum absolute atomic E-state index is 0.000568. The number of hydrogen-bond donors (Lipinski definition) is 2. The third-order valence-electron chi connectivity index (χ3n) is 4.31. The van der Waals surface area contributed by atoms with E-state index in [-0.39, 0.29) is 22.1 Å². The smallest absolute Gasteiger partial charge is 0.267 e. The quantitative estimate of drug-likeness (QED) is 0.644. The number of anilines is 1. The summed E-state index contributed by atoms with van der Waals surface area (Å²) in [6.07, 6.45) is 1.62. The molecule has 29 heavy (non-hydrogen) atoms. The van der Waals surface area contributed by atoms with Crippen LogP contribution in [0.2, 0.25) is 0 Å². The Labute approximate surface area is 172 Å². The van der Waals surface area contributed by atoms with E-state index in [1.165, 1.54) is 23.5 Å². The maximum atomic E-state index is 12.8. The van der Waals surface area contributed by atoms with Crippen LogP contribution < -0.4 is 20.5 Å². The van der Waals surface area contributed by atoms with Crippen LogP contribution in [0.25, 0.3) is 0 Å². The molecule has 1 aliphatic rings. The first-order valence-electron chi connectivity index (χ1n) is 8.81. The lowest BCUT2D eigenvalue weighted by Crippen LogP contribution is -2.29. The molecule has 3 N–H and O–H groups in total. The molecule has 1 aromatic heterocycles. The van der Waals surface area contributed by atoms with E-state index in [9.17, 15) is 18.0 Å². The van der Waals surface area contributed by atoms with E-state index in [0.29, 0.717) is 24.5 Å². The van der Waals surface area contributed by atoms with Gasteiger partial charge in [0, 0.05) is 24.8 Å². The van der Waals surface area contributed by atoms with Crippen molar-refractivity contribution in [3.8, 4) is 11.5 Å². The maximum Gasteiger partial charge on any atom is 0.267 e. The molecule has 0 saturated carbocycles. The van der Waals surface area contributed by atoms with Crippen LogP contribution in [-0.2, 0) is 14.8 Å². The lowest BCUT2D eigenvalue weighted by Gasteiger charge is -2.16. The van der Waals surface area contributed by atoms with Gasteiger partial charge in [-0.1, -0.05) is 0 Å². The maximum absolute atomic E-state index is 12.8. The first-order chi connectivity index (χ1) is 13.8. The molecule has 156 valence electrons. The molecule has 1 aliphatic heterocycles. The number of nitrogens with two attached hydrogens (primary N) is 1. The second-order valence-corrected chi connectivity index (χ2v) is 9.12. The van der Waals surface area contributed by atoms with E-state index < -0.39 is 21.8 Å². The van der Waals surface area contributed by atoms with Crippen LogP contribution >= 0.6 is 11.3 Å². The van der Waals surface area contributed by atoms with Crippen LogP contribution in [0.1, 0.15) is 22.5 Å². The van der Waals surface area contributed by atoms with Crippen molar-refractivity contribution >= 4 is 38.9 Å². The fourth-order valence-corrected chi connectivity index (χ4v) is 5.75. The Bertz CT molecular complexity index is 1010. The van der Waals surface area contributed by atoms with E-state index in [0.717, 1.165) is 24.2 Å². The Morgan fingerprint density at radius 2 is 1.93 bits per heavy atom. The minimum atomic E-state index is -3.71. The molecule has 0 aliphatic carbocycles. The van der Waals surface area contributed by atoms with Crippen LogP contribution in [0.15, 0.2) is 34.5 Å². The number of nitrogens with zero attached hydrogens (tertiary/aromatic N) is 1. The van der Waals surface area contributed by atoms with Crippen molar-refractivity contribution in [2.24, 2.45) is 5.73 Å². The number of carbonyl (C=O) groups excluding carboxylic acids is 2. The number of benzene rings is 1. The minimum Gasteiger partial charge on any atom is -0.493 e. The van der Waals surface area contributed by atoms with Gasteiger partial charge in [-0.25, -0.2) is 8.42 Å². The predicted octanol–water partition coefficient (Wildman–Crippen LogP) is 1.66. The molecule has 1 saturated heterocycles. The van der Waals surface area contributed by atoms with Gasteiger partial charge in [-0.15, -0.1) is 11.3 Å². The standard InChI is InChI=1S/C18H21N3O6S2/c1-26-13-5-4-12(10-14(13)27-11-16(19)22)20-18(23)17-15(6-9-28-17)29(24,25)21-7-2-3-8-21/h4-6,9-10H,2-3,7-8,11H2,1H3,(H2,19,22)(H,20,23). The molecule has 0 atom stereocenters. The number of rotatable bonds is 8. The molecule has 2 aromatic rings. The molecule has 0 spiro atoms. The van der Waals surface area contributed by atoms with Gasteiger partial charge in [-0.3, -0.25) is 9.59 Å². The third-order valence-corrected chi connectivity index (χ3v) is 7.29. The third kappa shape index (κ3) is 4.69. The zero-order valence-corrected chi connectivity index (χ0v) is 17.3. The summed E-state index contributed by atoms with van der Waals surface area (Å²) in [5.74, 6) is -0.626. The lowest BCUT2D eigenvalue weighted by atomic mass is 10.2. The topological polar surface area (TPSA) is 128 Å². The van der Waals surface area contributed by atoms with Crippen LogP contribution in [0.3, 0.4) is 0 Å². The molecule has 0 unspecified atom stereocenters. The van der Waals surface area contributed by atoms with Gasteiger partial charge >= 0.3 is 0 Å². The van der Waals surface area contributed by atoms with Gasteiger partial charge in [0.1, 0.15) is 9.77 Å². The van der Waals surface area contributed by atoms with Gasteiger partial charge < -0.3 is 20.5 Å². The van der Waals surface area contributed by atoms with E-state index in [2.05, 4.69) is 5.32 Å². The number of carbonyl (C=O) groups is 2. The van der Waals surface area contributed by atoms with Gasteiger partial charge in [-0.05, 0) is 36.4 Å². The van der Waals surface area contributed by atoms with Crippen molar-refractivity contribution in [2.45, 2.75) is 17.7 Å². The van der Waals surface area contributed by atoms with Crippen LogP contribution in [0, 0.1) is 0 Å². The summed E-state index contributed by atoms with van der Waals surface area (Å²) in [6, 6.07) is 6.06. The summed E-state index contributed by atoms with van der Waals surface area (Å²) in [4.78, 5) is 23.8. The zero-order valence-electron chi connectivity index (χ0n) is 15.7. The first-order valence-corrected chi connectivity index (χ1v) is 11.1. The number of thiophene rings is 1. The van der Waals surface area contributed by atoms with E-state index in [1.54, 1.807) is 17.5 Å². The van der Waals surface area contributed by atoms with Gasteiger partial charge in [0.25, 0.3) is 11.8 Å². The van der Waals surface area contributed by atoms with Crippen molar-refractivity contribution in [1.29, 1.82) is 0 Å². The lowest BCUT2D eigenvalue weighted by molar-refractivity contribution is -0.119. The second-order valence-electron chi connectivity index (χ2n) is 6.30. The second kappa shape index (κ2) is 8.80. The van der Waals surface area contributed by atoms with Gasteiger partial charge in [0.15, 0.2) is 18.1 Å². The fourth-order valence-electron chi connectivity index (χ4n) is 2.94. The summed E-state index contributed by atoms with van der Waals surface area (Å²) in [7, 11) is -2.28. The highest BCUT2D eigenvalue weighted by Gasteiger charge is 2.31. The van der Waals surface area contributed by atoms with Crippen LogP contribution in [0.5, 0.6) is 11.5 Å². The largest absolute Gasteiger partial charge is 0.493 e. The van der Waals surface area contributed by atoms with Crippen LogP contribution in [-0.4, -0.2) is 51.3 Å². The monoisotopic (exact) mass is 439 g/mol. The van der Waals surface area contributed by atoms with Crippen molar-refractivity contribution < 1.29 is 27.5 Å². The molecular weight excluding hydrogens is 418 g/mol. The Kier molecular flexibility index (Phi) is 6.40. The number of sulfonamides is 1. The molecule has 11 heteroatoms. The molecule has 2 amide bonds. The molecular formula is C18H21N3O6S2. The number of primary amides is 1. The predicted molar refractivity (Wildman–Crippen MR) is 108 cm³/mol. The molecule has 0 radical (unpaired) electrons. The molecule has 1 fully saturated rings. The highest BCUT2D eigenvalue weighted by Crippen LogP contribution is 2.32. The average molecular weight is 440 g/mol. The average Bonchev–Trinajstić information content (AvgIpc) is 3.38. The molecule has 9 nitrogen and oxygen atoms in total. The first kappa shape index (κ1) is 21.1. The highest BCUT2D eigenvalue weighted by atomic mass is 32.2. The highest BCUT2D eigenvalue weighted by molar-refractivity contribution is 7.89. The van der Waals surface area contributed by atoms with Crippen LogP contribution in [0.4, 0.5) is 5.69 Å². The summed E-state index contributed by atoms with van der Waals surface area (Å²) >= 11 is 1.05. The number of ether oxygens (including phenoxy) is 2. The Morgan fingerprint density at radius 3 is 2.59 bits per heavy atom. The van der Waals surface area contributed by atoms with Crippen molar-refractivity contribution in [3.63, 3.8) is 0 Å². The summed E-state index contributed by atoms with van der Waals surface area (Å²) < 4.78 is 37.5. The number of hydrogen-bond acceptors (Lipinski definition) is 7. The summed E-state index contributed by atoms with van der Waals surface area (Å²) in [5, 5.41) is 4.24. The molecule has 0 bridgehead atoms. The van der Waals surface area contributed by atoms with Gasteiger partial charge in [0.2, 0.25) is 10.0 Å².